The summed E-state index contributed by atoms with van der Waals surface area (Å²) in [5.41, 5.74) is 3.06. The van der Waals surface area contributed by atoms with E-state index in [2.05, 4.69) is 10.4 Å². The molecule has 0 fully saturated rings. The van der Waals surface area contributed by atoms with Gasteiger partial charge in [-0.1, -0.05) is 24.3 Å². The maximum absolute atomic E-state index is 11.9. The number of carbonyl (C=O) groups excluding carboxylic acids is 1. The number of aliphatic hydroxyl groups is 1. The summed E-state index contributed by atoms with van der Waals surface area (Å²) in [6.45, 7) is 2.24. The van der Waals surface area contributed by atoms with Crippen molar-refractivity contribution in [1.29, 1.82) is 0 Å². The van der Waals surface area contributed by atoms with Gasteiger partial charge in [0.25, 0.3) is 5.91 Å². The number of hydrogen-bond donors (Lipinski definition) is 2. The number of aliphatic hydroxyl groups excluding tert-OH is 1. The summed E-state index contributed by atoms with van der Waals surface area (Å²) in [4.78, 5) is 11.9. The van der Waals surface area contributed by atoms with E-state index in [4.69, 9.17) is 0 Å². The van der Waals surface area contributed by atoms with Crippen LogP contribution < -0.4 is 5.32 Å². The van der Waals surface area contributed by atoms with Gasteiger partial charge in [-0.15, -0.1) is 0 Å². The fourth-order valence-corrected chi connectivity index (χ4v) is 1.82. The summed E-state index contributed by atoms with van der Waals surface area (Å²) < 4.78 is 1.66. The second kappa shape index (κ2) is 5.67. The van der Waals surface area contributed by atoms with Crippen LogP contribution in [0.5, 0.6) is 0 Å². The standard InChI is InChI=1S/C14H17N3O2/c1-10-7-13(16-17(10)2)14(19)15-8-11-5-3-4-6-12(11)9-18/h3-7,18H,8-9H2,1-2H3,(H,15,19). The molecule has 0 saturated heterocycles. The minimum absolute atomic E-state index is 0.0330. The van der Waals surface area contributed by atoms with E-state index in [1.807, 2.05) is 31.2 Å². The largest absolute Gasteiger partial charge is 0.392 e. The van der Waals surface area contributed by atoms with Gasteiger partial charge in [0.15, 0.2) is 0 Å². The van der Waals surface area contributed by atoms with Crippen LogP contribution in [0.3, 0.4) is 0 Å². The molecule has 0 radical (unpaired) electrons. The molecule has 0 atom stereocenters. The summed E-state index contributed by atoms with van der Waals surface area (Å²) in [5.74, 6) is -0.212. The molecule has 2 rings (SSSR count). The van der Waals surface area contributed by atoms with Crippen molar-refractivity contribution in [3.05, 3.63) is 52.8 Å². The third-order valence-corrected chi connectivity index (χ3v) is 3.07. The van der Waals surface area contributed by atoms with E-state index in [9.17, 15) is 9.90 Å². The highest BCUT2D eigenvalue weighted by Crippen LogP contribution is 2.08. The summed E-state index contributed by atoms with van der Waals surface area (Å²) in [6, 6.07) is 9.21. The van der Waals surface area contributed by atoms with Gasteiger partial charge >= 0.3 is 0 Å². The van der Waals surface area contributed by atoms with Crippen LogP contribution in [-0.2, 0) is 20.2 Å². The second-order valence-corrected chi connectivity index (χ2v) is 4.40. The molecule has 5 heteroatoms. The van der Waals surface area contributed by atoms with Crippen molar-refractivity contribution in [3.63, 3.8) is 0 Å². The lowest BCUT2D eigenvalue weighted by atomic mass is 10.1. The van der Waals surface area contributed by atoms with Gasteiger partial charge in [-0.05, 0) is 24.1 Å². The highest BCUT2D eigenvalue weighted by Gasteiger charge is 2.11. The smallest absolute Gasteiger partial charge is 0.272 e. The van der Waals surface area contributed by atoms with Gasteiger partial charge < -0.3 is 10.4 Å². The van der Waals surface area contributed by atoms with Crippen LogP contribution in [0.2, 0.25) is 0 Å². The molecule has 1 heterocycles. The van der Waals surface area contributed by atoms with E-state index in [0.717, 1.165) is 16.8 Å². The molecule has 0 saturated carbocycles. The van der Waals surface area contributed by atoms with Gasteiger partial charge in [-0.2, -0.15) is 5.10 Å². The van der Waals surface area contributed by atoms with Crippen molar-refractivity contribution in [3.8, 4) is 0 Å². The van der Waals surface area contributed by atoms with Gasteiger partial charge in [-0.3, -0.25) is 9.48 Å². The summed E-state index contributed by atoms with van der Waals surface area (Å²) in [6.07, 6.45) is 0. The van der Waals surface area contributed by atoms with E-state index in [1.54, 1.807) is 17.8 Å². The van der Waals surface area contributed by atoms with Crippen LogP contribution >= 0.6 is 0 Å². The van der Waals surface area contributed by atoms with Crippen LogP contribution in [0.4, 0.5) is 0 Å². The number of amides is 1. The molecule has 1 aromatic heterocycles. The zero-order valence-corrected chi connectivity index (χ0v) is 11.1. The molecule has 2 aromatic rings. The van der Waals surface area contributed by atoms with Crippen molar-refractivity contribution in [2.24, 2.45) is 7.05 Å². The van der Waals surface area contributed by atoms with Gasteiger partial charge in [0.2, 0.25) is 0 Å². The number of aromatic nitrogens is 2. The van der Waals surface area contributed by atoms with Crippen LogP contribution in [0.25, 0.3) is 0 Å². The molecule has 5 nitrogen and oxygen atoms in total. The third kappa shape index (κ3) is 3.00. The fraction of sp³-hybridized carbons (Fsp3) is 0.286. The minimum atomic E-state index is -0.212. The Kier molecular flexibility index (Phi) is 3.97. The predicted molar refractivity (Wildman–Crippen MR) is 71.5 cm³/mol. The molecule has 0 aliphatic heterocycles. The predicted octanol–water partition coefficient (Wildman–Crippen LogP) is 1.15. The lowest BCUT2D eigenvalue weighted by molar-refractivity contribution is 0.0945. The van der Waals surface area contributed by atoms with Crippen molar-refractivity contribution < 1.29 is 9.90 Å². The Balaban J connectivity index is 2.04. The van der Waals surface area contributed by atoms with Crippen molar-refractivity contribution in [2.75, 3.05) is 0 Å². The van der Waals surface area contributed by atoms with Crippen LogP contribution in [-0.4, -0.2) is 20.8 Å². The highest BCUT2D eigenvalue weighted by atomic mass is 16.3. The lowest BCUT2D eigenvalue weighted by Gasteiger charge is -2.07. The maximum atomic E-state index is 11.9. The number of rotatable bonds is 4. The van der Waals surface area contributed by atoms with Gasteiger partial charge in [-0.25, -0.2) is 0 Å². The van der Waals surface area contributed by atoms with Crippen molar-refractivity contribution in [2.45, 2.75) is 20.1 Å². The van der Waals surface area contributed by atoms with E-state index in [1.165, 1.54) is 0 Å². The molecule has 0 unspecified atom stereocenters. The van der Waals surface area contributed by atoms with Crippen LogP contribution in [0.1, 0.15) is 27.3 Å². The van der Waals surface area contributed by atoms with E-state index in [-0.39, 0.29) is 12.5 Å². The molecule has 1 aromatic carbocycles. The summed E-state index contributed by atoms with van der Waals surface area (Å²) >= 11 is 0. The third-order valence-electron chi connectivity index (χ3n) is 3.07. The SMILES string of the molecule is Cc1cc(C(=O)NCc2ccccc2CO)nn1C. The Labute approximate surface area is 111 Å². The number of carbonyl (C=O) groups is 1. The number of nitrogens with zero attached hydrogens (tertiary/aromatic N) is 2. The van der Waals surface area contributed by atoms with Crippen molar-refractivity contribution >= 4 is 5.91 Å². The molecular weight excluding hydrogens is 242 g/mol. The first kappa shape index (κ1) is 13.3. The average Bonchev–Trinajstić information content (AvgIpc) is 2.76. The zero-order valence-electron chi connectivity index (χ0n) is 11.1. The zero-order chi connectivity index (χ0) is 13.8. The Morgan fingerprint density at radius 2 is 2.05 bits per heavy atom. The molecule has 0 spiro atoms. The maximum Gasteiger partial charge on any atom is 0.272 e. The first-order valence-electron chi connectivity index (χ1n) is 6.08. The lowest BCUT2D eigenvalue weighted by Crippen LogP contribution is -2.24. The molecule has 0 bridgehead atoms. The van der Waals surface area contributed by atoms with E-state index >= 15 is 0 Å². The average molecular weight is 259 g/mol. The fourth-order valence-electron chi connectivity index (χ4n) is 1.82. The quantitative estimate of drug-likeness (QED) is 0.865. The Bertz CT molecular complexity index is 571. The van der Waals surface area contributed by atoms with Gasteiger partial charge in [0.1, 0.15) is 5.69 Å². The summed E-state index contributed by atoms with van der Waals surface area (Å²) in [5, 5.41) is 16.1. The number of benzene rings is 1. The van der Waals surface area contributed by atoms with Crippen LogP contribution in [0.15, 0.2) is 30.3 Å². The summed E-state index contributed by atoms with van der Waals surface area (Å²) in [7, 11) is 1.80. The van der Waals surface area contributed by atoms with E-state index < -0.39 is 0 Å². The van der Waals surface area contributed by atoms with Gasteiger partial charge in [0.05, 0.1) is 6.61 Å². The monoisotopic (exact) mass is 259 g/mol. The first-order valence-corrected chi connectivity index (χ1v) is 6.08. The first-order chi connectivity index (χ1) is 9.11. The molecule has 100 valence electrons. The Hall–Kier alpha value is -2.14. The molecule has 19 heavy (non-hydrogen) atoms. The highest BCUT2D eigenvalue weighted by molar-refractivity contribution is 5.92. The van der Waals surface area contributed by atoms with Crippen molar-refractivity contribution in [1.82, 2.24) is 15.1 Å². The number of aryl methyl sites for hydroxylation is 2. The Morgan fingerprint density at radius 3 is 2.63 bits per heavy atom. The van der Waals surface area contributed by atoms with Gasteiger partial charge in [0, 0.05) is 19.3 Å². The van der Waals surface area contributed by atoms with Crippen LogP contribution in [0, 0.1) is 6.92 Å². The molecule has 0 aliphatic carbocycles. The van der Waals surface area contributed by atoms with E-state index in [0.29, 0.717) is 12.2 Å². The normalized spacial score (nSPS) is 10.5. The second-order valence-electron chi connectivity index (χ2n) is 4.40. The molecule has 2 N–H and O–H groups in total. The number of nitrogens with one attached hydrogen (secondary N) is 1. The number of hydrogen-bond acceptors (Lipinski definition) is 3. The Morgan fingerprint density at radius 1 is 1.37 bits per heavy atom. The molecule has 1 amide bonds. The molecular formula is C14H17N3O2. The molecule has 0 aliphatic rings. The minimum Gasteiger partial charge on any atom is -0.392 e. The topological polar surface area (TPSA) is 67.2 Å².